The third-order valence-corrected chi connectivity index (χ3v) is 4.48. The lowest BCUT2D eigenvalue weighted by Gasteiger charge is -2.25. The van der Waals surface area contributed by atoms with Gasteiger partial charge in [0.05, 0.1) is 13.0 Å². The van der Waals surface area contributed by atoms with Crippen molar-refractivity contribution in [3.05, 3.63) is 48.0 Å². The summed E-state index contributed by atoms with van der Waals surface area (Å²) < 4.78 is 4.57. The lowest BCUT2D eigenvalue weighted by atomic mass is 10.1. The minimum atomic E-state index is -1.39. The van der Waals surface area contributed by atoms with Crippen molar-refractivity contribution < 1.29 is 29.0 Å². The molecular formula is C19H21N3O6. The van der Waals surface area contributed by atoms with Crippen LogP contribution in [0.1, 0.15) is 23.2 Å². The number of aliphatic hydroxyl groups is 1. The second-order valence-corrected chi connectivity index (χ2v) is 6.58. The van der Waals surface area contributed by atoms with Gasteiger partial charge in [0.1, 0.15) is 12.1 Å². The first-order valence-electron chi connectivity index (χ1n) is 8.90. The van der Waals surface area contributed by atoms with E-state index in [4.69, 9.17) is 0 Å². The molecule has 28 heavy (non-hydrogen) atoms. The fourth-order valence-electron chi connectivity index (χ4n) is 3.03. The van der Waals surface area contributed by atoms with Crippen LogP contribution in [0.2, 0.25) is 0 Å². The molecule has 1 aromatic carbocycles. The molecule has 0 bridgehead atoms. The van der Waals surface area contributed by atoms with Gasteiger partial charge in [-0.1, -0.05) is 30.4 Å². The summed E-state index contributed by atoms with van der Waals surface area (Å²) in [6, 6.07) is 6.91. The molecule has 0 saturated carbocycles. The SMILES string of the molecule is O=C(CN1CC=CCC(NC(=O)c2ccccc2)C1=O)NC1CC(=O)OC1O. The Hall–Kier alpha value is -3.20. The van der Waals surface area contributed by atoms with Gasteiger partial charge in [-0.3, -0.25) is 19.2 Å². The Kier molecular flexibility index (Phi) is 6.05. The Bertz CT molecular complexity index is 794. The average Bonchev–Trinajstić information content (AvgIpc) is 2.89. The molecule has 0 spiro atoms. The summed E-state index contributed by atoms with van der Waals surface area (Å²) in [5.41, 5.74) is 0.438. The molecule has 9 heteroatoms. The predicted molar refractivity (Wildman–Crippen MR) is 96.7 cm³/mol. The Morgan fingerprint density at radius 3 is 2.57 bits per heavy atom. The van der Waals surface area contributed by atoms with Gasteiger partial charge in [0.15, 0.2) is 0 Å². The van der Waals surface area contributed by atoms with E-state index in [1.807, 2.05) is 0 Å². The van der Waals surface area contributed by atoms with Gasteiger partial charge in [-0.25, -0.2) is 0 Å². The normalized spacial score (nSPS) is 24.5. The second kappa shape index (κ2) is 8.66. The molecule has 3 atom stereocenters. The van der Waals surface area contributed by atoms with Crippen LogP contribution in [0.15, 0.2) is 42.5 Å². The van der Waals surface area contributed by atoms with E-state index in [1.54, 1.807) is 42.5 Å². The summed E-state index contributed by atoms with van der Waals surface area (Å²) in [5.74, 6) is -1.89. The first-order valence-corrected chi connectivity index (χ1v) is 8.90. The first kappa shape index (κ1) is 19.6. The van der Waals surface area contributed by atoms with Crippen molar-refractivity contribution in [1.82, 2.24) is 15.5 Å². The average molecular weight is 387 g/mol. The maximum atomic E-state index is 12.8. The topological polar surface area (TPSA) is 125 Å². The third kappa shape index (κ3) is 4.74. The monoisotopic (exact) mass is 387 g/mol. The lowest BCUT2D eigenvalue weighted by molar-refractivity contribution is -0.155. The number of amides is 3. The zero-order valence-corrected chi connectivity index (χ0v) is 15.0. The van der Waals surface area contributed by atoms with E-state index >= 15 is 0 Å². The van der Waals surface area contributed by atoms with Gasteiger partial charge in [-0.15, -0.1) is 0 Å². The number of cyclic esters (lactones) is 1. The predicted octanol–water partition coefficient (Wildman–Crippen LogP) is -0.676. The maximum Gasteiger partial charge on any atom is 0.310 e. The molecule has 3 rings (SSSR count). The summed E-state index contributed by atoms with van der Waals surface area (Å²) in [7, 11) is 0. The van der Waals surface area contributed by atoms with Crippen LogP contribution in [0, 0.1) is 0 Å². The molecule has 0 aromatic heterocycles. The molecule has 1 fully saturated rings. The zero-order valence-electron chi connectivity index (χ0n) is 15.0. The summed E-state index contributed by atoms with van der Waals surface area (Å²) >= 11 is 0. The van der Waals surface area contributed by atoms with Gasteiger partial charge in [0.2, 0.25) is 18.1 Å². The van der Waals surface area contributed by atoms with E-state index in [9.17, 15) is 24.3 Å². The van der Waals surface area contributed by atoms with Crippen LogP contribution >= 0.6 is 0 Å². The number of nitrogens with zero attached hydrogens (tertiary/aromatic N) is 1. The minimum absolute atomic E-state index is 0.128. The molecule has 2 aliphatic rings. The smallest absolute Gasteiger partial charge is 0.310 e. The molecule has 3 N–H and O–H groups in total. The van der Waals surface area contributed by atoms with Crippen LogP contribution in [0.3, 0.4) is 0 Å². The van der Waals surface area contributed by atoms with E-state index < -0.39 is 30.3 Å². The van der Waals surface area contributed by atoms with E-state index in [0.29, 0.717) is 12.0 Å². The number of hydrogen-bond acceptors (Lipinski definition) is 6. The van der Waals surface area contributed by atoms with Gasteiger partial charge >= 0.3 is 5.97 Å². The fraction of sp³-hybridized carbons (Fsp3) is 0.368. The third-order valence-electron chi connectivity index (χ3n) is 4.48. The molecule has 2 heterocycles. The van der Waals surface area contributed by atoms with Crippen LogP contribution in [0.4, 0.5) is 0 Å². The number of rotatable bonds is 5. The molecule has 1 saturated heterocycles. The van der Waals surface area contributed by atoms with Crippen LogP contribution in [0.5, 0.6) is 0 Å². The van der Waals surface area contributed by atoms with Crippen molar-refractivity contribution in [2.75, 3.05) is 13.1 Å². The molecular weight excluding hydrogens is 366 g/mol. The summed E-state index contributed by atoms with van der Waals surface area (Å²) in [4.78, 5) is 49.8. The van der Waals surface area contributed by atoms with Crippen LogP contribution in [0.25, 0.3) is 0 Å². The Labute approximate surface area is 161 Å². The molecule has 9 nitrogen and oxygen atoms in total. The fourth-order valence-corrected chi connectivity index (χ4v) is 3.03. The van der Waals surface area contributed by atoms with E-state index in [2.05, 4.69) is 15.4 Å². The van der Waals surface area contributed by atoms with Gasteiger partial charge in [-0.05, 0) is 18.6 Å². The summed E-state index contributed by atoms with van der Waals surface area (Å²) in [5, 5.41) is 14.7. The number of carbonyl (C=O) groups is 4. The van der Waals surface area contributed by atoms with Crippen molar-refractivity contribution in [2.24, 2.45) is 0 Å². The number of hydrogen-bond donors (Lipinski definition) is 3. The van der Waals surface area contributed by atoms with Crippen LogP contribution < -0.4 is 10.6 Å². The van der Waals surface area contributed by atoms with Gasteiger partial charge < -0.3 is 25.4 Å². The Morgan fingerprint density at radius 2 is 1.89 bits per heavy atom. The van der Waals surface area contributed by atoms with Gasteiger partial charge in [0, 0.05) is 12.1 Å². The highest BCUT2D eigenvalue weighted by Gasteiger charge is 2.35. The first-order chi connectivity index (χ1) is 13.4. The van der Waals surface area contributed by atoms with Gasteiger partial charge in [-0.2, -0.15) is 0 Å². The number of benzene rings is 1. The maximum absolute atomic E-state index is 12.8. The van der Waals surface area contributed by atoms with Crippen molar-refractivity contribution in [3.8, 4) is 0 Å². The van der Waals surface area contributed by atoms with Crippen LogP contribution in [-0.2, 0) is 19.1 Å². The molecule has 2 aliphatic heterocycles. The van der Waals surface area contributed by atoms with Crippen molar-refractivity contribution in [3.63, 3.8) is 0 Å². The van der Waals surface area contributed by atoms with E-state index in [1.165, 1.54) is 4.90 Å². The standard InChI is InChI=1S/C19H21N3O6/c23-15(20-14-10-16(24)28-19(14)27)11-22-9-5-4-8-13(18(22)26)21-17(25)12-6-2-1-3-7-12/h1-7,13-14,19,27H,8-11H2,(H,20,23)(H,21,25). The van der Waals surface area contributed by atoms with Crippen LogP contribution in [-0.4, -0.2) is 65.2 Å². The molecule has 1 aromatic rings. The highest BCUT2D eigenvalue weighted by Crippen LogP contribution is 2.13. The van der Waals surface area contributed by atoms with Crippen molar-refractivity contribution in [2.45, 2.75) is 31.2 Å². The van der Waals surface area contributed by atoms with Crippen molar-refractivity contribution in [1.29, 1.82) is 0 Å². The number of esters is 1. The summed E-state index contributed by atoms with van der Waals surface area (Å²) in [6.07, 6.45) is 2.32. The lowest BCUT2D eigenvalue weighted by Crippen LogP contribution is -2.51. The minimum Gasteiger partial charge on any atom is -0.434 e. The van der Waals surface area contributed by atoms with E-state index in [0.717, 1.165) is 0 Å². The zero-order chi connectivity index (χ0) is 20.1. The number of carbonyl (C=O) groups excluding carboxylic acids is 4. The highest BCUT2D eigenvalue weighted by molar-refractivity contribution is 5.98. The molecule has 0 radical (unpaired) electrons. The molecule has 148 valence electrons. The van der Waals surface area contributed by atoms with Gasteiger partial charge in [0.25, 0.3) is 5.91 Å². The van der Waals surface area contributed by atoms with Crippen molar-refractivity contribution >= 4 is 23.7 Å². The number of nitrogens with one attached hydrogen (secondary N) is 2. The largest absolute Gasteiger partial charge is 0.434 e. The number of aliphatic hydroxyl groups excluding tert-OH is 1. The Morgan fingerprint density at radius 1 is 1.14 bits per heavy atom. The molecule has 0 aliphatic carbocycles. The number of ether oxygens (including phenoxy) is 1. The molecule has 3 amide bonds. The quantitative estimate of drug-likeness (QED) is 0.454. The summed E-state index contributed by atoms with van der Waals surface area (Å²) in [6.45, 7) is -0.0507. The van der Waals surface area contributed by atoms with E-state index in [-0.39, 0.29) is 31.3 Å². The highest BCUT2D eigenvalue weighted by atomic mass is 16.6. The second-order valence-electron chi connectivity index (χ2n) is 6.58. The Balaban J connectivity index is 1.59. The molecule has 3 unspecified atom stereocenters.